The Morgan fingerprint density at radius 3 is 2.74 bits per heavy atom. The molecule has 0 radical (unpaired) electrons. The molecule has 3 aromatic rings. The number of nitrogens with zero attached hydrogens (tertiary/aromatic N) is 2. The Labute approximate surface area is 114 Å². The van der Waals surface area contributed by atoms with Gasteiger partial charge in [0.1, 0.15) is 5.82 Å². The Morgan fingerprint density at radius 2 is 2.00 bits per heavy atom. The molecule has 0 fully saturated rings. The van der Waals surface area contributed by atoms with Gasteiger partial charge in [0.25, 0.3) is 0 Å². The molecule has 0 aliphatic rings. The summed E-state index contributed by atoms with van der Waals surface area (Å²) in [6.07, 6.45) is 3.41. The van der Waals surface area contributed by atoms with Crippen molar-refractivity contribution in [3.05, 3.63) is 59.1 Å². The molecule has 0 aliphatic heterocycles. The normalized spacial score (nSPS) is 10.9. The minimum atomic E-state index is -0.351. The van der Waals surface area contributed by atoms with Crippen LogP contribution in [-0.2, 0) is 0 Å². The molecule has 0 atom stereocenters. The average molecular weight is 273 g/mol. The van der Waals surface area contributed by atoms with Crippen molar-refractivity contribution >= 4 is 22.5 Å². The number of benzene rings is 1. The average Bonchev–Trinajstić information content (AvgIpc) is 2.43. The standard InChI is InChI=1S/C15H10ClFN2/c1-9-14(16)13-11(17)5-2-6-12(13)19-15(9)10-4-3-7-18-8-10/h2-8H,1H3. The van der Waals surface area contributed by atoms with E-state index in [1.807, 2.05) is 19.1 Å². The van der Waals surface area contributed by atoms with Gasteiger partial charge in [0.05, 0.1) is 21.6 Å². The van der Waals surface area contributed by atoms with Gasteiger partial charge in [0.2, 0.25) is 0 Å². The summed E-state index contributed by atoms with van der Waals surface area (Å²) in [5.41, 5.74) is 2.91. The molecule has 0 aliphatic carbocycles. The largest absolute Gasteiger partial charge is 0.264 e. The number of hydrogen-bond donors (Lipinski definition) is 0. The van der Waals surface area contributed by atoms with Gasteiger partial charge in [-0.2, -0.15) is 0 Å². The van der Waals surface area contributed by atoms with Gasteiger partial charge < -0.3 is 0 Å². The molecule has 0 saturated carbocycles. The van der Waals surface area contributed by atoms with Gasteiger partial charge in [-0.1, -0.05) is 17.7 Å². The summed E-state index contributed by atoms with van der Waals surface area (Å²) in [5.74, 6) is -0.351. The number of rotatable bonds is 1. The maximum Gasteiger partial charge on any atom is 0.134 e. The lowest BCUT2D eigenvalue weighted by Crippen LogP contribution is -1.94. The Balaban J connectivity index is 2.37. The molecular weight excluding hydrogens is 263 g/mol. The van der Waals surface area contributed by atoms with Crippen LogP contribution in [0.5, 0.6) is 0 Å². The first-order valence-corrected chi connectivity index (χ1v) is 6.21. The van der Waals surface area contributed by atoms with E-state index in [1.165, 1.54) is 6.07 Å². The third-order valence-corrected chi connectivity index (χ3v) is 3.54. The van der Waals surface area contributed by atoms with Crippen molar-refractivity contribution in [1.29, 1.82) is 0 Å². The second-order valence-electron chi connectivity index (χ2n) is 4.28. The van der Waals surface area contributed by atoms with Gasteiger partial charge in [0.15, 0.2) is 0 Å². The quantitative estimate of drug-likeness (QED) is 0.656. The predicted molar refractivity (Wildman–Crippen MR) is 74.7 cm³/mol. The molecule has 2 heterocycles. The van der Waals surface area contributed by atoms with Gasteiger partial charge in [-0.15, -0.1) is 0 Å². The molecule has 1 aromatic carbocycles. The SMILES string of the molecule is Cc1c(-c2cccnc2)nc2cccc(F)c2c1Cl. The van der Waals surface area contributed by atoms with Crippen molar-refractivity contribution in [1.82, 2.24) is 9.97 Å². The number of fused-ring (bicyclic) bond motifs is 1. The van der Waals surface area contributed by atoms with Crippen molar-refractivity contribution in [3.63, 3.8) is 0 Å². The van der Waals surface area contributed by atoms with Gasteiger partial charge in [0, 0.05) is 18.0 Å². The zero-order valence-electron chi connectivity index (χ0n) is 10.2. The van der Waals surface area contributed by atoms with E-state index in [0.29, 0.717) is 15.9 Å². The van der Waals surface area contributed by atoms with E-state index in [4.69, 9.17) is 11.6 Å². The molecule has 0 bridgehead atoms. The molecular formula is C15H10ClFN2. The molecule has 2 nitrogen and oxygen atoms in total. The fourth-order valence-electron chi connectivity index (χ4n) is 2.10. The predicted octanol–water partition coefficient (Wildman–Crippen LogP) is 4.40. The molecule has 0 saturated heterocycles. The van der Waals surface area contributed by atoms with E-state index < -0.39 is 0 Å². The van der Waals surface area contributed by atoms with Crippen LogP contribution < -0.4 is 0 Å². The van der Waals surface area contributed by atoms with Gasteiger partial charge in [-0.05, 0) is 36.8 Å². The van der Waals surface area contributed by atoms with E-state index >= 15 is 0 Å². The minimum absolute atomic E-state index is 0.351. The van der Waals surface area contributed by atoms with Gasteiger partial charge in [-0.3, -0.25) is 4.98 Å². The molecule has 94 valence electrons. The van der Waals surface area contributed by atoms with Crippen LogP contribution in [0.3, 0.4) is 0 Å². The third-order valence-electron chi connectivity index (χ3n) is 3.06. The molecule has 0 spiro atoms. The molecule has 2 aromatic heterocycles. The molecule has 3 rings (SSSR count). The highest BCUT2D eigenvalue weighted by Gasteiger charge is 2.14. The van der Waals surface area contributed by atoms with Crippen LogP contribution in [0.4, 0.5) is 4.39 Å². The number of pyridine rings is 2. The van der Waals surface area contributed by atoms with E-state index in [0.717, 1.165) is 16.8 Å². The Bertz CT molecular complexity index is 757. The highest BCUT2D eigenvalue weighted by Crippen LogP contribution is 2.33. The molecule has 4 heteroatoms. The smallest absolute Gasteiger partial charge is 0.134 e. The molecule has 0 amide bonds. The summed E-state index contributed by atoms with van der Waals surface area (Å²) >= 11 is 6.29. The lowest BCUT2D eigenvalue weighted by atomic mass is 10.1. The van der Waals surface area contributed by atoms with E-state index in [-0.39, 0.29) is 5.82 Å². The Morgan fingerprint density at radius 1 is 1.16 bits per heavy atom. The summed E-state index contributed by atoms with van der Waals surface area (Å²) < 4.78 is 13.8. The summed E-state index contributed by atoms with van der Waals surface area (Å²) in [6, 6.07) is 8.51. The summed E-state index contributed by atoms with van der Waals surface area (Å²) in [4.78, 5) is 8.57. The van der Waals surface area contributed by atoms with Gasteiger partial charge in [-0.25, -0.2) is 9.37 Å². The van der Waals surface area contributed by atoms with Crippen molar-refractivity contribution in [2.75, 3.05) is 0 Å². The second kappa shape index (κ2) is 4.59. The zero-order valence-corrected chi connectivity index (χ0v) is 10.9. The van der Waals surface area contributed by atoms with E-state index in [2.05, 4.69) is 9.97 Å². The summed E-state index contributed by atoms with van der Waals surface area (Å²) in [7, 11) is 0. The highest BCUT2D eigenvalue weighted by molar-refractivity contribution is 6.36. The summed E-state index contributed by atoms with van der Waals surface area (Å²) in [6.45, 7) is 1.84. The first-order valence-electron chi connectivity index (χ1n) is 5.83. The minimum Gasteiger partial charge on any atom is -0.264 e. The van der Waals surface area contributed by atoms with Crippen LogP contribution in [0.2, 0.25) is 5.02 Å². The number of halogens is 2. The number of hydrogen-bond acceptors (Lipinski definition) is 2. The van der Waals surface area contributed by atoms with E-state index in [1.54, 1.807) is 24.5 Å². The van der Waals surface area contributed by atoms with Crippen LogP contribution >= 0.6 is 11.6 Å². The van der Waals surface area contributed by atoms with Crippen LogP contribution in [0.15, 0.2) is 42.7 Å². The third kappa shape index (κ3) is 1.96. The van der Waals surface area contributed by atoms with Crippen LogP contribution in [0, 0.1) is 12.7 Å². The fraction of sp³-hybridized carbons (Fsp3) is 0.0667. The van der Waals surface area contributed by atoms with Crippen LogP contribution in [0.1, 0.15) is 5.56 Å². The summed E-state index contributed by atoms with van der Waals surface area (Å²) in [5, 5.41) is 0.774. The maximum atomic E-state index is 13.8. The second-order valence-corrected chi connectivity index (χ2v) is 4.65. The molecule has 19 heavy (non-hydrogen) atoms. The lowest BCUT2D eigenvalue weighted by Gasteiger charge is -2.10. The molecule has 0 N–H and O–H groups in total. The topological polar surface area (TPSA) is 25.8 Å². The fourth-order valence-corrected chi connectivity index (χ4v) is 2.38. The highest BCUT2D eigenvalue weighted by atomic mass is 35.5. The maximum absolute atomic E-state index is 13.8. The van der Waals surface area contributed by atoms with Crippen molar-refractivity contribution in [3.8, 4) is 11.3 Å². The van der Waals surface area contributed by atoms with Crippen molar-refractivity contribution in [2.24, 2.45) is 0 Å². The van der Waals surface area contributed by atoms with Crippen molar-refractivity contribution in [2.45, 2.75) is 6.92 Å². The lowest BCUT2D eigenvalue weighted by molar-refractivity contribution is 0.639. The van der Waals surface area contributed by atoms with Gasteiger partial charge >= 0.3 is 0 Å². The molecule has 0 unspecified atom stereocenters. The van der Waals surface area contributed by atoms with Crippen molar-refractivity contribution < 1.29 is 4.39 Å². The Hall–Kier alpha value is -2.00. The van der Waals surface area contributed by atoms with E-state index in [9.17, 15) is 4.39 Å². The van der Waals surface area contributed by atoms with Crippen LogP contribution in [0.25, 0.3) is 22.2 Å². The zero-order chi connectivity index (χ0) is 13.4. The first kappa shape index (κ1) is 12.1. The first-order chi connectivity index (χ1) is 9.18. The van der Waals surface area contributed by atoms with Crippen LogP contribution in [-0.4, -0.2) is 9.97 Å². The number of aromatic nitrogens is 2. The Kier molecular flexibility index (Phi) is 2.91. The monoisotopic (exact) mass is 272 g/mol.